The molecule has 1 N–H and O–H groups in total. The Morgan fingerprint density at radius 3 is 2.53 bits per heavy atom. The summed E-state index contributed by atoms with van der Waals surface area (Å²) in [5.74, 6) is -0.416. The number of carboxylic acid groups (broad SMARTS) is 1. The first-order chi connectivity index (χ1) is 7.24. The highest BCUT2D eigenvalue weighted by atomic mass is 16.5. The minimum Gasteiger partial charge on any atom is -0.482 e. The first-order valence-electron chi connectivity index (χ1n) is 4.57. The molecular formula is C10H10N2O3. The number of carboxylic acids is 1. The number of carbonyl (C=O) groups is 1. The monoisotopic (exact) mass is 206 g/mol. The summed E-state index contributed by atoms with van der Waals surface area (Å²) < 4.78 is 5.00. The molecule has 0 saturated carbocycles. The molecule has 0 aliphatic carbocycles. The first-order valence-corrected chi connectivity index (χ1v) is 4.57. The predicted octanol–water partition coefficient (Wildman–Crippen LogP) is 1.48. The van der Waals surface area contributed by atoms with E-state index in [0.29, 0.717) is 5.75 Å². The molecule has 1 aliphatic rings. The quantitative estimate of drug-likeness (QED) is 0.793. The lowest BCUT2D eigenvalue weighted by molar-refractivity contribution is -0.139. The zero-order valence-electron chi connectivity index (χ0n) is 7.96. The Balaban J connectivity index is 1.88. The van der Waals surface area contributed by atoms with E-state index in [-0.39, 0.29) is 12.8 Å². The van der Waals surface area contributed by atoms with Crippen LogP contribution in [-0.2, 0) is 11.2 Å². The summed E-state index contributed by atoms with van der Waals surface area (Å²) in [4.78, 5) is 10.2. The summed E-state index contributed by atoms with van der Waals surface area (Å²) in [6.45, 7) is -0.313. The van der Waals surface area contributed by atoms with Crippen molar-refractivity contribution in [3.05, 3.63) is 29.8 Å². The van der Waals surface area contributed by atoms with Gasteiger partial charge in [0.05, 0.1) is 0 Å². The highest BCUT2D eigenvalue weighted by molar-refractivity contribution is 5.68. The van der Waals surface area contributed by atoms with Crippen molar-refractivity contribution in [2.45, 2.75) is 12.6 Å². The molecule has 5 nitrogen and oxygen atoms in total. The Bertz CT molecular complexity index is 380. The maximum Gasteiger partial charge on any atom is 0.341 e. The Kier molecular flexibility index (Phi) is 2.62. The van der Waals surface area contributed by atoms with Gasteiger partial charge < -0.3 is 9.84 Å². The van der Waals surface area contributed by atoms with E-state index in [4.69, 9.17) is 9.84 Å². The van der Waals surface area contributed by atoms with Crippen molar-refractivity contribution in [1.82, 2.24) is 0 Å². The molecule has 0 atom stereocenters. The van der Waals surface area contributed by atoms with Gasteiger partial charge in [-0.2, -0.15) is 10.2 Å². The van der Waals surface area contributed by atoms with Gasteiger partial charge in [0.25, 0.3) is 0 Å². The lowest BCUT2D eigenvalue weighted by Crippen LogP contribution is -2.09. The number of rotatable bonds is 5. The van der Waals surface area contributed by atoms with Crippen molar-refractivity contribution in [3.8, 4) is 5.75 Å². The van der Waals surface area contributed by atoms with E-state index in [2.05, 4.69) is 10.2 Å². The normalized spacial score (nSPS) is 13.9. The maximum absolute atomic E-state index is 10.2. The standard InChI is InChI=1S/C10H10N2O3/c13-10(14)6-15-8-3-1-7(2-4-8)5-9-11-12-9/h1-4,9H,5-6H2,(H,13,14). The highest BCUT2D eigenvalue weighted by Gasteiger charge is 2.15. The molecule has 0 radical (unpaired) electrons. The summed E-state index contributed by atoms with van der Waals surface area (Å²) in [5.41, 5.74) is 1.12. The van der Waals surface area contributed by atoms with Crippen molar-refractivity contribution in [2.24, 2.45) is 10.2 Å². The molecule has 0 spiro atoms. The molecule has 0 fully saturated rings. The van der Waals surface area contributed by atoms with Crippen LogP contribution in [0, 0.1) is 0 Å². The van der Waals surface area contributed by atoms with Crippen LogP contribution < -0.4 is 4.74 Å². The van der Waals surface area contributed by atoms with Gasteiger partial charge in [-0.15, -0.1) is 0 Å². The number of benzene rings is 1. The zero-order valence-corrected chi connectivity index (χ0v) is 7.96. The Morgan fingerprint density at radius 1 is 1.33 bits per heavy atom. The lowest BCUT2D eigenvalue weighted by Gasteiger charge is -2.03. The third kappa shape index (κ3) is 3.05. The van der Waals surface area contributed by atoms with Crippen LogP contribution in [0.4, 0.5) is 0 Å². The molecular weight excluding hydrogens is 196 g/mol. The van der Waals surface area contributed by atoms with Crippen LogP contribution in [-0.4, -0.2) is 23.8 Å². The average Bonchev–Trinajstić information content (AvgIpc) is 3.01. The second-order valence-electron chi connectivity index (χ2n) is 3.24. The molecule has 0 unspecified atom stereocenters. The minimum atomic E-state index is -0.977. The second-order valence-corrected chi connectivity index (χ2v) is 3.24. The van der Waals surface area contributed by atoms with E-state index >= 15 is 0 Å². The molecule has 1 aromatic carbocycles. The second kappa shape index (κ2) is 4.08. The molecule has 0 amide bonds. The fraction of sp³-hybridized carbons (Fsp3) is 0.300. The third-order valence-electron chi connectivity index (χ3n) is 1.98. The van der Waals surface area contributed by atoms with Gasteiger partial charge in [-0.1, -0.05) is 12.1 Å². The molecule has 0 bridgehead atoms. The van der Waals surface area contributed by atoms with Crippen molar-refractivity contribution < 1.29 is 14.6 Å². The van der Waals surface area contributed by atoms with Gasteiger partial charge in [0.2, 0.25) is 0 Å². The average molecular weight is 206 g/mol. The molecule has 1 aromatic rings. The predicted molar refractivity (Wildman–Crippen MR) is 51.9 cm³/mol. The van der Waals surface area contributed by atoms with Crippen LogP contribution in [0.1, 0.15) is 5.56 Å². The summed E-state index contributed by atoms with van der Waals surface area (Å²) in [5, 5.41) is 16.0. The lowest BCUT2D eigenvalue weighted by atomic mass is 10.1. The van der Waals surface area contributed by atoms with Crippen LogP contribution in [0.5, 0.6) is 5.75 Å². The molecule has 15 heavy (non-hydrogen) atoms. The largest absolute Gasteiger partial charge is 0.482 e. The van der Waals surface area contributed by atoms with Gasteiger partial charge in [0.15, 0.2) is 12.8 Å². The Labute approximate surface area is 86.4 Å². The van der Waals surface area contributed by atoms with Crippen LogP contribution >= 0.6 is 0 Å². The Morgan fingerprint density at radius 2 is 2.00 bits per heavy atom. The van der Waals surface area contributed by atoms with Crippen molar-refractivity contribution in [2.75, 3.05) is 6.61 Å². The van der Waals surface area contributed by atoms with E-state index in [1.807, 2.05) is 12.1 Å². The first kappa shape index (κ1) is 9.64. The molecule has 1 aliphatic heterocycles. The fourth-order valence-electron chi connectivity index (χ4n) is 1.21. The summed E-state index contributed by atoms with van der Waals surface area (Å²) in [7, 11) is 0. The number of nitrogens with zero attached hydrogens (tertiary/aromatic N) is 2. The van der Waals surface area contributed by atoms with Gasteiger partial charge in [-0.3, -0.25) is 0 Å². The molecule has 1 heterocycles. The number of aliphatic carboxylic acids is 1. The topological polar surface area (TPSA) is 71.2 Å². The number of ether oxygens (including phenoxy) is 1. The molecule has 5 heteroatoms. The minimum absolute atomic E-state index is 0.121. The van der Waals surface area contributed by atoms with Crippen molar-refractivity contribution in [3.63, 3.8) is 0 Å². The summed E-state index contributed by atoms with van der Waals surface area (Å²) >= 11 is 0. The van der Waals surface area contributed by atoms with E-state index in [9.17, 15) is 4.79 Å². The summed E-state index contributed by atoms with van der Waals surface area (Å²) in [6, 6.07) is 7.28. The highest BCUT2D eigenvalue weighted by Crippen LogP contribution is 2.19. The SMILES string of the molecule is O=C(O)COc1ccc(CC2N=N2)cc1. The van der Waals surface area contributed by atoms with E-state index in [1.165, 1.54) is 0 Å². The van der Waals surface area contributed by atoms with Crippen LogP contribution in [0.15, 0.2) is 34.5 Å². The van der Waals surface area contributed by atoms with Crippen molar-refractivity contribution in [1.29, 1.82) is 0 Å². The van der Waals surface area contributed by atoms with Gasteiger partial charge in [0.1, 0.15) is 5.75 Å². The van der Waals surface area contributed by atoms with E-state index in [1.54, 1.807) is 12.1 Å². The smallest absolute Gasteiger partial charge is 0.341 e. The van der Waals surface area contributed by atoms with Crippen molar-refractivity contribution >= 4 is 5.97 Å². The number of hydrogen-bond donors (Lipinski definition) is 1. The van der Waals surface area contributed by atoms with Crippen LogP contribution in [0.2, 0.25) is 0 Å². The Hall–Kier alpha value is -1.91. The molecule has 0 saturated heterocycles. The van der Waals surface area contributed by atoms with Gasteiger partial charge >= 0.3 is 5.97 Å². The molecule has 2 rings (SSSR count). The number of hydrogen-bond acceptors (Lipinski definition) is 4. The molecule has 78 valence electrons. The molecule has 0 aromatic heterocycles. The third-order valence-corrected chi connectivity index (χ3v) is 1.98. The van der Waals surface area contributed by atoms with E-state index < -0.39 is 5.97 Å². The van der Waals surface area contributed by atoms with Gasteiger partial charge in [0, 0.05) is 6.42 Å². The zero-order chi connectivity index (χ0) is 10.7. The van der Waals surface area contributed by atoms with E-state index in [0.717, 1.165) is 12.0 Å². The van der Waals surface area contributed by atoms with Crippen LogP contribution in [0.3, 0.4) is 0 Å². The van der Waals surface area contributed by atoms with Crippen LogP contribution in [0.25, 0.3) is 0 Å². The summed E-state index contributed by atoms with van der Waals surface area (Å²) in [6.07, 6.45) is 0.926. The fourth-order valence-corrected chi connectivity index (χ4v) is 1.21. The maximum atomic E-state index is 10.2. The van der Waals surface area contributed by atoms with Gasteiger partial charge in [-0.25, -0.2) is 4.79 Å². The van der Waals surface area contributed by atoms with Gasteiger partial charge in [-0.05, 0) is 17.7 Å².